The lowest BCUT2D eigenvalue weighted by atomic mass is 10.6. The third-order valence-electron chi connectivity index (χ3n) is 1.06. The minimum atomic E-state index is -0.511. The number of rotatable bonds is 3. The molecule has 0 unspecified atom stereocenters. The van der Waals surface area contributed by atoms with E-state index in [1.54, 1.807) is 0 Å². The van der Waals surface area contributed by atoms with Crippen molar-refractivity contribution < 1.29 is 9.50 Å². The zero-order valence-corrected chi connectivity index (χ0v) is 7.01. The summed E-state index contributed by atoms with van der Waals surface area (Å²) in [5.41, 5.74) is 5.23. The molecule has 0 spiro atoms. The van der Waals surface area contributed by atoms with E-state index in [1.807, 2.05) is 0 Å². The second-order valence-electron chi connectivity index (χ2n) is 1.95. The summed E-state index contributed by atoms with van der Waals surface area (Å²) in [7, 11) is 0. The zero-order chi connectivity index (χ0) is 8.97. The van der Waals surface area contributed by atoms with E-state index in [1.165, 1.54) is 0 Å². The van der Waals surface area contributed by atoms with Gasteiger partial charge in [0.15, 0.2) is 5.82 Å². The molecule has 6 heteroatoms. The second-order valence-corrected chi connectivity index (χ2v) is 3.04. The Morgan fingerprint density at radius 3 is 3.08 bits per heavy atom. The van der Waals surface area contributed by atoms with Crippen molar-refractivity contribution in [3.8, 4) is 0 Å². The van der Waals surface area contributed by atoms with Gasteiger partial charge in [-0.05, 0) is 0 Å². The van der Waals surface area contributed by atoms with Crippen LogP contribution in [0.3, 0.4) is 0 Å². The van der Waals surface area contributed by atoms with Crippen molar-refractivity contribution in [2.45, 2.75) is 5.03 Å². The maximum atomic E-state index is 12.8. The largest absolute Gasteiger partial charge is 0.396 e. The van der Waals surface area contributed by atoms with Crippen LogP contribution in [0.2, 0.25) is 0 Å². The molecule has 4 nitrogen and oxygen atoms in total. The smallest absolute Gasteiger partial charge is 0.221 e. The van der Waals surface area contributed by atoms with Gasteiger partial charge in [-0.25, -0.2) is 14.4 Å². The maximum Gasteiger partial charge on any atom is 0.221 e. The third kappa shape index (κ3) is 2.31. The second kappa shape index (κ2) is 4.22. The van der Waals surface area contributed by atoms with Crippen molar-refractivity contribution in [1.82, 2.24) is 9.97 Å². The molecule has 12 heavy (non-hydrogen) atoms. The molecule has 3 N–H and O–H groups in total. The van der Waals surface area contributed by atoms with Crippen LogP contribution in [0.4, 0.5) is 10.3 Å². The lowest BCUT2D eigenvalue weighted by Crippen LogP contribution is -1.99. The zero-order valence-electron chi connectivity index (χ0n) is 6.20. The number of halogens is 1. The SMILES string of the molecule is Nc1ncc(F)c(SCCO)n1. The highest BCUT2D eigenvalue weighted by Gasteiger charge is 2.04. The highest BCUT2D eigenvalue weighted by Crippen LogP contribution is 2.18. The van der Waals surface area contributed by atoms with E-state index in [2.05, 4.69) is 9.97 Å². The molecule has 0 aliphatic rings. The lowest BCUT2D eigenvalue weighted by molar-refractivity contribution is 0.322. The molecule has 1 heterocycles. The van der Waals surface area contributed by atoms with Crippen LogP contribution < -0.4 is 5.73 Å². The normalized spacial score (nSPS) is 10.2. The Hall–Kier alpha value is -0.880. The van der Waals surface area contributed by atoms with E-state index in [0.717, 1.165) is 18.0 Å². The van der Waals surface area contributed by atoms with E-state index in [-0.39, 0.29) is 17.6 Å². The third-order valence-corrected chi connectivity index (χ3v) is 2.01. The Morgan fingerprint density at radius 1 is 1.67 bits per heavy atom. The van der Waals surface area contributed by atoms with Crippen molar-refractivity contribution in [3.63, 3.8) is 0 Å². The summed E-state index contributed by atoms with van der Waals surface area (Å²) in [6.07, 6.45) is 1.02. The number of hydrogen-bond donors (Lipinski definition) is 2. The number of nitrogens with two attached hydrogens (primary N) is 1. The molecule has 66 valence electrons. The summed E-state index contributed by atoms with van der Waals surface area (Å²) >= 11 is 1.11. The van der Waals surface area contributed by atoms with Gasteiger partial charge in [-0.15, -0.1) is 11.8 Å². The summed E-state index contributed by atoms with van der Waals surface area (Å²) in [6, 6.07) is 0. The number of thioether (sulfide) groups is 1. The van der Waals surface area contributed by atoms with Crippen LogP contribution in [-0.4, -0.2) is 27.4 Å². The predicted molar refractivity (Wildman–Crippen MR) is 44.2 cm³/mol. The molecule has 0 fully saturated rings. The van der Waals surface area contributed by atoms with Crippen LogP contribution in [0.5, 0.6) is 0 Å². The van der Waals surface area contributed by atoms with Gasteiger partial charge >= 0.3 is 0 Å². The van der Waals surface area contributed by atoms with Gasteiger partial charge in [0.1, 0.15) is 5.03 Å². The molecule has 0 aromatic carbocycles. The standard InChI is InChI=1S/C6H8FN3OS/c7-4-3-9-6(8)10-5(4)12-2-1-11/h3,11H,1-2H2,(H2,8,9,10). The first kappa shape index (κ1) is 9.21. The van der Waals surface area contributed by atoms with Crippen molar-refractivity contribution in [3.05, 3.63) is 12.0 Å². The average Bonchev–Trinajstić information content (AvgIpc) is 2.07. The summed E-state index contributed by atoms with van der Waals surface area (Å²) in [5, 5.41) is 8.65. The number of anilines is 1. The monoisotopic (exact) mass is 189 g/mol. The Balaban J connectivity index is 2.75. The number of nitrogen functional groups attached to an aromatic ring is 1. The van der Waals surface area contributed by atoms with E-state index in [4.69, 9.17) is 10.8 Å². The van der Waals surface area contributed by atoms with Crippen molar-refractivity contribution in [2.75, 3.05) is 18.1 Å². The van der Waals surface area contributed by atoms with Crippen LogP contribution in [0, 0.1) is 5.82 Å². The first-order valence-electron chi connectivity index (χ1n) is 3.25. The number of hydrogen-bond acceptors (Lipinski definition) is 5. The van der Waals surface area contributed by atoms with Crippen LogP contribution in [0.1, 0.15) is 0 Å². The summed E-state index contributed by atoms with van der Waals surface area (Å²) < 4.78 is 12.8. The molecule has 1 aromatic rings. The van der Waals surface area contributed by atoms with Gasteiger partial charge in [0, 0.05) is 5.75 Å². The van der Waals surface area contributed by atoms with Crippen LogP contribution in [0.15, 0.2) is 11.2 Å². The van der Waals surface area contributed by atoms with Gasteiger partial charge in [0.25, 0.3) is 0 Å². The molecular weight excluding hydrogens is 181 g/mol. The lowest BCUT2D eigenvalue weighted by Gasteiger charge is -1.99. The quantitative estimate of drug-likeness (QED) is 0.528. The van der Waals surface area contributed by atoms with Gasteiger partial charge in [-0.3, -0.25) is 0 Å². The van der Waals surface area contributed by atoms with Crippen LogP contribution >= 0.6 is 11.8 Å². The van der Waals surface area contributed by atoms with Gasteiger partial charge in [-0.2, -0.15) is 0 Å². The molecular formula is C6H8FN3OS. The van der Waals surface area contributed by atoms with E-state index in [0.29, 0.717) is 5.75 Å². The van der Waals surface area contributed by atoms with Crippen LogP contribution in [0.25, 0.3) is 0 Å². The number of aromatic nitrogens is 2. The molecule has 0 saturated carbocycles. The molecule has 0 atom stereocenters. The van der Waals surface area contributed by atoms with Crippen molar-refractivity contribution in [2.24, 2.45) is 0 Å². The molecule has 1 aromatic heterocycles. The summed E-state index contributed by atoms with van der Waals surface area (Å²) in [6.45, 7) is -0.0198. The molecule has 0 radical (unpaired) electrons. The molecule has 0 aliphatic carbocycles. The van der Waals surface area contributed by atoms with Crippen molar-refractivity contribution in [1.29, 1.82) is 0 Å². The summed E-state index contributed by atoms with van der Waals surface area (Å²) in [4.78, 5) is 7.12. The fraction of sp³-hybridized carbons (Fsp3) is 0.333. The topological polar surface area (TPSA) is 72.0 Å². The predicted octanol–water partition coefficient (Wildman–Crippen LogP) is 0.282. The Kier molecular flexibility index (Phi) is 3.24. The van der Waals surface area contributed by atoms with E-state index >= 15 is 0 Å². The molecule has 0 bridgehead atoms. The fourth-order valence-electron chi connectivity index (χ4n) is 0.608. The minimum absolute atomic E-state index is 0.0198. The molecule has 0 aliphatic heterocycles. The highest BCUT2D eigenvalue weighted by molar-refractivity contribution is 7.99. The number of nitrogens with zero attached hydrogens (tertiary/aromatic N) is 2. The van der Waals surface area contributed by atoms with E-state index < -0.39 is 5.82 Å². The van der Waals surface area contributed by atoms with Gasteiger partial charge in [0.05, 0.1) is 12.8 Å². The first-order chi connectivity index (χ1) is 5.74. The van der Waals surface area contributed by atoms with Gasteiger partial charge in [-0.1, -0.05) is 0 Å². The van der Waals surface area contributed by atoms with Crippen molar-refractivity contribution >= 4 is 17.7 Å². The molecule has 1 rings (SSSR count). The molecule has 0 saturated heterocycles. The van der Waals surface area contributed by atoms with Gasteiger partial charge < -0.3 is 10.8 Å². The maximum absolute atomic E-state index is 12.8. The number of aliphatic hydroxyl groups is 1. The fourth-order valence-corrected chi connectivity index (χ4v) is 1.24. The van der Waals surface area contributed by atoms with Crippen LogP contribution in [-0.2, 0) is 0 Å². The average molecular weight is 189 g/mol. The Morgan fingerprint density at radius 2 is 2.42 bits per heavy atom. The summed E-state index contributed by atoms with van der Waals surface area (Å²) in [5.74, 6) is -0.0765. The Labute approximate surface area is 73.0 Å². The van der Waals surface area contributed by atoms with Gasteiger partial charge in [0.2, 0.25) is 5.95 Å². The minimum Gasteiger partial charge on any atom is -0.396 e. The highest BCUT2D eigenvalue weighted by atomic mass is 32.2. The first-order valence-corrected chi connectivity index (χ1v) is 4.24. The Bertz CT molecular complexity index is 271. The number of aliphatic hydroxyl groups excluding tert-OH is 1. The molecule has 0 amide bonds. The van der Waals surface area contributed by atoms with E-state index in [9.17, 15) is 4.39 Å².